The zero-order valence-electron chi connectivity index (χ0n) is 15.4. The van der Waals surface area contributed by atoms with Crippen LogP contribution in [0.25, 0.3) is 0 Å². The number of hydrogen-bond donors (Lipinski definition) is 0. The number of ether oxygens (including phenoxy) is 1. The Labute approximate surface area is 160 Å². The van der Waals surface area contributed by atoms with Crippen LogP contribution in [0, 0.1) is 17.7 Å². The number of nitrogens with zero attached hydrogens (tertiary/aromatic N) is 2. The van der Waals surface area contributed by atoms with Gasteiger partial charge in [-0.05, 0) is 50.9 Å². The minimum Gasteiger partial charge on any atom is -0.380 e. The van der Waals surface area contributed by atoms with Gasteiger partial charge in [0, 0.05) is 36.8 Å². The Hall–Kier alpha value is -0.730. The van der Waals surface area contributed by atoms with Gasteiger partial charge in [-0.2, -0.15) is 0 Å². The van der Waals surface area contributed by atoms with E-state index >= 15 is 0 Å². The van der Waals surface area contributed by atoms with Crippen molar-refractivity contribution in [3.05, 3.63) is 34.6 Å². The standard InChI is InChI=1S/C18H26ClFN2O3S/c1-21(2)17-6-13-9-22(10-14(13)7-18(17)25-3)26(23,24)11-12-4-5-15(19)8-16(12)20/h4-5,8,13-14,17-18H,6-7,9-11H2,1-3H3/t13-,14+,17-,18-/m1/s1. The van der Waals surface area contributed by atoms with Crippen LogP contribution in [0.15, 0.2) is 18.2 Å². The first-order chi connectivity index (χ1) is 12.2. The highest BCUT2D eigenvalue weighted by molar-refractivity contribution is 7.88. The van der Waals surface area contributed by atoms with Gasteiger partial charge in [-0.25, -0.2) is 17.1 Å². The zero-order chi connectivity index (χ0) is 19.1. The minimum atomic E-state index is -3.57. The Morgan fingerprint density at radius 1 is 1.27 bits per heavy atom. The summed E-state index contributed by atoms with van der Waals surface area (Å²) in [4.78, 5) is 2.16. The molecule has 0 unspecified atom stereocenters. The van der Waals surface area contributed by atoms with E-state index in [1.165, 1.54) is 16.4 Å². The number of benzene rings is 1. The number of hydrogen-bond acceptors (Lipinski definition) is 4. The van der Waals surface area contributed by atoms with Crippen molar-refractivity contribution in [2.45, 2.75) is 30.7 Å². The monoisotopic (exact) mass is 404 g/mol. The lowest BCUT2D eigenvalue weighted by Crippen LogP contribution is -2.47. The van der Waals surface area contributed by atoms with E-state index in [1.54, 1.807) is 7.11 Å². The van der Waals surface area contributed by atoms with Crippen LogP contribution in [0.5, 0.6) is 0 Å². The Morgan fingerprint density at radius 3 is 2.50 bits per heavy atom. The largest absolute Gasteiger partial charge is 0.380 e. The first-order valence-corrected chi connectivity index (χ1v) is 10.8. The van der Waals surface area contributed by atoms with Gasteiger partial charge < -0.3 is 9.64 Å². The molecule has 2 fully saturated rings. The number of halogens is 2. The number of rotatable bonds is 5. The molecule has 1 saturated carbocycles. The van der Waals surface area contributed by atoms with Gasteiger partial charge in [0.05, 0.1) is 11.9 Å². The van der Waals surface area contributed by atoms with Crippen LogP contribution >= 0.6 is 11.6 Å². The summed E-state index contributed by atoms with van der Waals surface area (Å²) in [5, 5.41) is 0.260. The van der Waals surface area contributed by atoms with E-state index in [0.29, 0.717) is 24.9 Å². The van der Waals surface area contributed by atoms with Crippen molar-refractivity contribution in [2.75, 3.05) is 34.3 Å². The summed E-state index contributed by atoms with van der Waals surface area (Å²) in [6, 6.07) is 4.41. The van der Waals surface area contributed by atoms with Crippen LogP contribution in [0.3, 0.4) is 0 Å². The first kappa shape index (κ1) is 20.0. The lowest BCUT2D eigenvalue weighted by Gasteiger charge is -2.40. The average Bonchev–Trinajstić information content (AvgIpc) is 3.00. The summed E-state index contributed by atoms with van der Waals surface area (Å²) in [7, 11) is 2.21. The summed E-state index contributed by atoms with van der Waals surface area (Å²) >= 11 is 5.75. The number of methoxy groups -OCH3 is 1. The van der Waals surface area contributed by atoms with E-state index in [-0.39, 0.29) is 28.5 Å². The molecule has 5 nitrogen and oxygen atoms in total. The van der Waals surface area contributed by atoms with Crippen LogP contribution in [0.4, 0.5) is 4.39 Å². The summed E-state index contributed by atoms with van der Waals surface area (Å²) < 4.78 is 46.9. The minimum absolute atomic E-state index is 0.114. The number of likely N-dealkylation sites (N-methyl/N-ethyl adjacent to an activating group) is 1. The van der Waals surface area contributed by atoms with Gasteiger partial charge in [0.2, 0.25) is 10.0 Å². The predicted molar refractivity (Wildman–Crippen MR) is 100 cm³/mol. The fourth-order valence-corrected chi connectivity index (χ4v) is 6.10. The molecule has 26 heavy (non-hydrogen) atoms. The molecule has 0 N–H and O–H groups in total. The van der Waals surface area contributed by atoms with Crippen LogP contribution in [-0.2, 0) is 20.5 Å². The van der Waals surface area contributed by atoms with E-state index in [4.69, 9.17) is 16.3 Å². The van der Waals surface area contributed by atoms with E-state index < -0.39 is 15.8 Å². The molecule has 4 atom stereocenters. The van der Waals surface area contributed by atoms with E-state index in [1.807, 2.05) is 14.1 Å². The van der Waals surface area contributed by atoms with Crippen molar-refractivity contribution in [2.24, 2.45) is 11.8 Å². The molecular weight excluding hydrogens is 379 g/mol. The third-order valence-corrected chi connectivity index (χ3v) is 7.76. The molecule has 0 radical (unpaired) electrons. The van der Waals surface area contributed by atoms with Crippen LogP contribution in [0.1, 0.15) is 18.4 Å². The van der Waals surface area contributed by atoms with Crippen molar-refractivity contribution < 1.29 is 17.5 Å². The van der Waals surface area contributed by atoms with E-state index in [2.05, 4.69) is 4.90 Å². The van der Waals surface area contributed by atoms with Crippen LogP contribution < -0.4 is 0 Å². The summed E-state index contributed by atoms with van der Waals surface area (Å²) in [6.07, 6.45) is 1.88. The molecule has 1 heterocycles. The molecule has 0 bridgehead atoms. The maximum Gasteiger partial charge on any atom is 0.218 e. The quantitative estimate of drug-likeness (QED) is 0.756. The van der Waals surface area contributed by atoms with Gasteiger partial charge in [0.15, 0.2) is 0 Å². The number of fused-ring (bicyclic) bond motifs is 1. The normalized spacial score (nSPS) is 29.9. The van der Waals surface area contributed by atoms with Gasteiger partial charge in [-0.3, -0.25) is 0 Å². The van der Waals surface area contributed by atoms with Crippen LogP contribution in [0.2, 0.25) is 5.02 Å². The molecule has 1 aromatic carbocycles. The molecule has 0 aromatic heterocycles. The number of sulfonamides is 1. The maximum atomic E-state index is 14.0. The summed E-state index contributed by atoms with van der Waals surface area (Å²) in [5.74, 6) is -0.301. The maximum absolute atomic E-state index is 14.0. The van der Waals surface area contributed by atoms with Gasteiger partial charge in [0.1, 0.15) is 5.82 Å². The van der Waals surface area contributed by atoms with Gasteiger partial charge in [-0.15, -0.1) is 0 Å². The third-order valence-electron chi connectivity index (χ3n) is 5.76. The van der Waals surface area contributed by atoms with Gasteiger partial charge in [0.25, 0.3) is 0 Å². The van der Waals surface area contributed by atoms with Crippen molar-refractivity contribution in [3.63, 3.8) is 0 Å². The topological polar surface area (TPSA) is 49.9 Å². The summed E-state index contributed by atoms with van der Waals surface area (Å²) in [5.41, 5.74) is 0.158. The molecule has 0 amide bonds. The van der Waals surface area contributed by atoms with Crippen molar-refractivity contribution in [1.82, 2.24) is 9.21 Å². The molecule has 3 rings (SSSR count). The fraction of sp³-hybridized carbons (Fsp3) is 0.667. The zero-order valence-corrected chi connectivity index (χ0v) is 16.9. The highest BCUT2D eigenvalue weighted by Gasteiger charge is 2.45. The van der Waals surface area contributed by atoms with Crippen molar-refractivity contribution in [3.8, 4) is 0 Å². The fourth-order valence-electron chi connectivity index (χ4n) is 4.30. The molecular formula is C18H26ClFN2O3S. The first-order valence-electron chi connectivity index (χ1n) is 8.82. The Kier molecular flexibility index (Phi) is 5.94. The lowest BCUT2D eigenvalue weighted by atomic mass is 9.77. The van der Waals surface area contributed by atoms with Crippen molar-refractivity contribution >= 4 is 21.6 Å². The molecule has 146 valence electrons. The second-order valence-corrected chi connectivity index (χ2v) is 10.0. The Bertz CT molecular complexity index is 759. The third kappa shape index (κ3) is 4.07. The lowest BCUT2D eigenvalue weighted by molar-refractivity contribution is -0.0209. The molecule has 1 saturated heterocycles. The Balaban J connectivity index is 1.73. The van der Waals surface area contributed by atoms with E-state index in [9.17, 15) is 12.8 Å². The second kappa shape index (κ2) is 7.72. The molecule has 2 aliphatic rings. The van der Waals surface area contributed by atoms with Crippen LogP contribution in [-0.4, -0.2) is 64.1 Å². The second-order valence-electron chi connectivity index (χ2n) is 7.61. The van der Waals surface area contributed by atoms with Gasteiger partial charge >= 0.3 is 0 Å². The Morgan fingerprint density at radius 2 is 1.92 bits per heavy atom. The SMILES string of the molecule is CO[C@@H]1C[C@H]2CN(S(=O)(=O)Cc3ccc(Cl)cc3F)C[C@H]2C[C@H]1N(C)C. The molecule has 1 aliphatic heterocycles. The summed E-state index contributed by atoms with van der Waals surface area (Å²) in [6.45, 7) is 0.991. The average molecular weight is 405 g/mol. The predicted octanol–water partition coefficient (Wildman–Crippen LogP) is 2.60. The molecule has 0 spiro atoms. The highest BCUT2D eigenvalue weighted by atomic mass is 35.5. The van der Waals surface area contributed by atoms with Gasteiger partial charge in [-0.1, -0.05) is 17.7 Å². The van der Waals surface area contributed by atoms with Crippen molar-refractivity contribution in [1.29, 1.82) is 0 Å². The van der Waals surface area contributed by atoms with E-state index in [0.717, 1.165) is 18.9 Å². The molecule has 1 aromatic rings. The molecule has 8 heteroatoms. The highest BCUT2D eigenvalue weighted by Crippen LogP contribution is 2.40. The molecule has 1 aliphatic carbocycles. The smallest absolute Gasteiger partial charge is 0.218 e.